The van der Waals surface area contributed by atoms with Crippen molar-refractivity contribution in [3.63, 3.8) is 0 Å². The first-order valence-electron chi connectivity index (χ1n) is 8.14. The summed E-state index contributed by atoms with van der Waals surface area (Å²) in [4.78, 5) is 27.7. The number of thioether (sulfide) groups is 1. The standard InChI is InChI=1S/C20H18ClNO3S/c1-12-6-8-14(9-7-12)17-18(26-11-10-23)20(25)22(19(17)24)16-5-3-4-15(21)13(16)2/h3-9,23H,10-11H2,1-2H3. The van der Waals surface area contributed by atoms with Crippen molar-refractivity contribution >= 4 is 46.4 Å². The summed E-state index contributed by atoms with van der Waals surface area (Å²) in [6.07, 6.45) is 0. The molecule has 0 fully saturated rings. The van der Waals surface area contributed by atoms with E-state index in [9.17, 15) is 9.59 Å². The van der Waals surface area contributed by atoms with E-state index in [1.807, 2.05) is 31.2 Å². The number of nitrogens with zero attached hydrogens (tertiary/aromatic N) is 1. The highest BCUT2D eigenvalue weighted by molar-refractivity contribution is 8.04. The Balaban J connectivity index is 2.11. The smallest absolute Gasteiger partial charge is 0.272 e. The minimum absolute atomic E-state index is 0.0764. The molecule has 0 atom stereocenters. The molecule has 0 saturated carbocycles. The number of carbonyl (C=O) groups excluding carboxylic acids is 2. The molecule has 0 unspecified atom stereocenters. The number of hydrogen-bond donors (Lipinski definition) is 1. The molecule has 1 N–H and O–H groups in total. The van der Waals surface area contributed by atoms with E-state index in [2.05, 4.69) is 0 Å². The van der Waals surface area contributed by atoms with Gasteiger partial charge in [-0.15, -0.1) is 11.8 Å². The van der Waals surface area contributed by atoms with Gasteiger partial charge < -0.3 is 5.11 Å². The van der Waals surface area contributed by atoms with Gasteiger partial charge >= 0.3 is 0 Å². The van der Waals surface area contributed by atoms with Gasteiger partial charge in [-0.3, -0.25) is 9.59 Å². The van der Waals surface area contributed by atoms with E-state index >= 15 is 0 Å². The fraction of sp³-hybridized carbons (Fsp3) is 0.200. The van der Waals surface area contributed by atoms with Crippen molar-refractivity contribution in [1.29, 1.82) is 0 Å². The lowest BCUT2D eigenvalue weighted by molar-refractivity contribution is -0.119. The van der Waals surface area contributed by atoms with E-state index in [0.29, 0.717) is 38.1 Å². The van der Waals surface area contributed by atoms with Gasteiger partial charge in [0.1, 0.15) is 0 Å². The lowest BCUT2D eigenvalue weighted by Crippen LogP contribution is -2.32. The SMILES string of the molecule is Cc1ccc(C2=C(SCCO)C(=O)N(c3cccc(Cl)c3C)C2=O)cc1. The third kappa shape index (κ3) is 3.30. The number of hydrogen-bond acceptors (Lipinski definition) is 4. The van der Waals surface area contributed by atoms with Gasteiger partial charge in [0.05, 0.1) is 22.8 Å². The van der Waals surface area contributed by atoms with Gasteiger partial charge in [-0.2, -0.15) is 0 Å². The average Bonchev–Trinajstić information content (AvgIpc) is 2.87. The van der Waals surface area contributed by atoms with Crippen molar-refractivity contribution in [3.05, 3.63) is 69.1 Å². The first-order chi connectivity index (χ1) is 12.5. The lowest BCUT2D eigenvalue weighted by Gasteiger charge is -2.18. The number of imide groups is 1. The highest BCUT2D eigenvalue weighted by Crippen LogP contribution is 2.40. The zero-order valence-electron chi connectivity index (χ0n) is 14.5. The van der Waals surface area contributed by atoms with Crippen molar-refractivity contribution in [2.75, 3.05) is 17.3 Å². The molecular formula is C20H18ClNO3S. The number of aliphatic hydroxyl groups is 1. The second-order valence-corrected chi connectivity index (χ2v) is 7.48. The van der Waals surface area contributed by atoms with Gasteiger partial charge in [0.15, 0.2) is 0 Å². The zero-order chi connectivity index (χ0) is 18.8. The molecule has 1 aliphatic rings. The van der Waals surface area contributed by atoms with E-state index in [0.717, 1.165) is 5.56 Å². The second kappa shape index (κ2) is 7.66. The first-order valence-corrected chi connectivity index (χ1v) is 9.51. The maximum Gasteiger partial charge on any atom is 0.272 e. The summed E-state index contributed by atoms with van der Waals surface area (Å²) in [6.45, 7) is 3.67. The molecule has 2 aromatic carbocycles. The van der Waals surface area contributed by atoms with Crippen LogP contribution >= 0.6 is 23.4 Å². The molecule has 4 nitrogen and oxygen atoms in total. The topological polar surface area (TPSA) is 57.6 Å². The second-order valence-electron chi connectivity index (χ2n) is 5.97. The minimum atomic E-state index is -0.380. The molecule has 134 valence electrons. The third-order valence-corrected chi connectivity index (χ3v) is 5.66. The number of anilines is 1. The average molecular weight is 388 g/mol. The summed E-state index contributed by atoms with van der Waals surface area (Å²) in [5, 5.41) is 9.66. The predicted molar refractivity (Wildman–Crippen MR) is 106 cm³/mol. The monoisotopic (exact) mass is 387 g/mol. The highest BCUT2D eigenvalue weighted by Gasteiger charge is 2.40. The lowest BCUT2D eigenvalue weighted by atomic mass is 10.0. The molecule has 6 heteroatoms. The molecule has 2 aromatic rings. The van der Waals surface area contributed by atoms with Crippen molar-refractivity contribution in [1.82, 2.24) is 0 Å². The van der Waals surface area contributed by atoms with Gasteiger partial charge in [-0.25, -0.2) is 4.90 Å². The molecule has 0 bridgehead atoms. The number of rotatable bonds is 5. The molecule has 1 heterocycles. The molecule has 0 saturated heterocycles. The molecule has 0 aromatic heterocycles. The molecule has 26 heavy (non-hydrogen) atoms. The number of halogens is 1. The number of aliphatic hydroxyl groups excluding tert-OH is 1. The van der Waals surface area contributed by atoms with Crippen LogP contribution in [0.2, 0.25) is 5.02 Å². The Hall–Kier alpha value is -2.08. The Morgan fingerprint density at radius 2 is 1.73 bits per heavy atom. The van der Waals surface area contributed by atoms with Crippen LogP contribution in [-0.4, -0.2) is 29.3 Å². The Labute approximate surface area is 161 Å². The number of carbonyl (C=O) groups is 2. The predicted octanol–water partition coefficient (Wildman–Crippen LogP) is 3.97. The fourth-order valence-corrected chi connectivity index (χ4v) is 3.85. The third-order valence-electron chi connectivity index (χ3n) is 4.20. The molecule has 0 radical (unpaired) electrons. The van der Waals surface area contributed by atoms with Crippen LogP contribution in [0.1, 0.15) is 16.7 Å². The molecule has 2 amide bonds. The van der Waals surface area contributed by atoms with Gasteiger partial charge in [0.25, 0.3) is 11.8 Å². The van der Waals surface area contributed by atoms with Gasteiger partial charge in [-0.1, -0.05) is 47.5 Å². The molecule has 0 aliphatic carbocycles. The van der Waals surface area contributed by atoms with E-state index < -0.39 is 0 Å². The molecular weight excluding hydrogens is 370 g/mol. The zero-order valence-corrected chi connectivity index (χ0v) is 16.0. The number of benzene rings is 2. The maximum absolute atomic E-state index is 13.2. The summed E-state index contributed by atoms with van der Waals surface area (Å²) >= 11 is 7.37. The summed E-state index contributed by atoms with van der Waals surface area (Å²) in [7, 11) is 0. The van der Waals surface area contributed by atoms with Crippen molar-refractivity contribution in [3.8, 4) is 0 Å². The van der Waals surface area contributed by atoms with Crippen LogP contribution in [0.3, 0.4) is 0 Å². The number of aryl methyl sites for hydroxylation is 1. The van der Waals surface area contributed by atoms with Crippen LogP contribution < -0.4 is 4.90 Å². The van der Waals surface area contributed by atoms with Crippen molar-refractivity contribution < 1.29 is 14.7 Å². The Morgan fingerprint density at radius 3 is 2.38 bits per heavy atom. The van der Waals surface area contributed by atoms with Crippen LogP contribution in [-0.2, 0) is 9.59 Å². The minimum Gasteiger partial charge on any atom is -0.396 e. The van der Waals surface area contributed by atoms with Crippen LogP contribution in [0.25, 0.3) is 5.57 Å². The van der Waals surface area contributed by atoms with Crippen LogP contribution in [0.5, 0.6) is 0 Å². The fourth-order valence-electron chi connectivity index (χ4n) is 2.82. The Morgan fingerprint density at radius 1 is 1.04 bits per heavy atom. The first kappa shape index (κ1) is 18.7. The Kier molecular flexibility index (Phi) is 5.51. The van der Waals surface area contributed by atoms with Gasteiger partial charge in [-0.05, 0) is 37.1 Å². The summed E-state index contributed by atoms with van der Waals surface area (Å²) < 4.78 is 0. The van der Waals surface area contributed by atoms with E-state index in [-0.39, 0.29) is 18.4 Å². The number of amides is 2. The van der Waals surface area contributed by atoms with Crippen LogP contribution in [0.15, 0.2) is 47.4 Å². The van der Waals surface area contributed by atoms with Crippen molar-refractivity contribution in [2.45, 2.75) is 13.8 Å². The summed E-state index contributed by atoms with van der Waals surface area (Å²) in [5.74, 6) is -0.412. The highest BCUT2D eigenvalue weighted by atomic mass is 35.5. The quantitative estimate of drug-likeness (QED) is 0.789. The van der Waals surface area contributed by atoms with Crippen LogP contribution in [0.4, 0.5) is 5.69 Å². The maximum atomic E-state index is 13.2. The molecule has 1 aliphatic heterocycles. The molecule has 3 rings (SSSR count). The van der Waals surface area contributed by atoms with E-state index in [1.165, 1.54) is 16.7 Å². The van der Waals surface area contributed by atoms with Gasteiger partial charge in [0, 0.05) is 10.8 Å². The van der Waals surface area contributed by atoms with E-state index in [1.54, 1.807) is 25.1 Å². The van der Waals surface area contributed by atoms with Crippen LogP contribution in [0, 0.1) is 13.8 Å². The van der Waals surface area contributed by atoms with Gasteiger partial charge in [0.2, 0.25) is 0 Å². The summed E-state index contributed by atoms with van der Waals surface area (Å²) in [5.41, 5.74) is 3.28. The Bertz CT molecular complexity index is 906. The molecule has 0 spiro atoms. The largest absolute Gasteiger partial charge is 0.396 e. The normalized spacial score (nSPS) is 14.5. The van der Waals surface area contributed by atoms with E-state index in [4.69, 9.17) is 16.7 Å². The van der Waals surface area contributed by atoms with Crippen molar-refractivity contribution in [2.24, 2.45) is 0 Å². The summed E-state index contributed by atoms with van der Waals surface area (Å²) in [6, 6.07) is 12.6.